The van der Waals surface area contributed by atoms with E-state index >= 15 is 0 Å². The molecular formula is C24H20N4O. The van der Waals surface area contributed by atoms with Crippen molar-refractivity contribution >= 4 is 21.8 Å². The van der Waals surface area contributed by atoms with Crippen molar-refractivity contribution in [3.63, 3.8) is 0 Å². The quantitative estimate of drug-likeness (QED) is 0.393. The van der Waals surface area contributed by atoms with Crippen LogP contribution < -0.4 is 0 Å². The summed E-state index contributed by atoms with van der Waals surface area (Å²) in [6.45, 7) is 3.95. The van der Waals surface area contributed by atoms with Gasteiger partial charge in [0, 0.05) is 34.9 Å². The maximum Gasteiger partial charge on any atom is 0.143 e. The summed E-state index contributed by atoms with van der Waals surface area (Å²) in [5, 5.41) is 6.44. The van der Waals surface area contributed by atoms with E-state index in [2.05, 4.69) is 51.1 Å². The predicted octanol–water partition coefficient (Wildman–Crippen LogP) is 5.86. The molecule has 0 aliphatic heterocycles. The highest BCUT2D eigenvalue weighted by Crippen LogP contribution is 2.43. The molecule has 1 saturated carbocycles. The Hall–Kier alpha value is -3.47. The molecule has 3 aromatic heterocycles. The summed E-state index contributed by atoms with van der Waals surface area (Å²) in [6, 6.07) is 15.3. The van der Waals surface area contributed by atoms with Gasteiger partial charge in [0.25, 0.3) is 0 Å². The first kappa shape index (κ1) is 16.5. The van der Waals surface area contributed by atoms with E-state index < -0.39 is 0 Å². The second kappa shape index (κ2) is 6.01. The lowest BCUT2D eigenvalue weighted by atomic mass is 10.0. The molecule has 0 saturated heterocycles. The van der Waals surface area contributed by atoms with Crippen LogP contribution in [-0.2, 0) is 0 Å². The zero-order valence-electron chi connectivity index (χ0n) is 16.4. The minimum atomic E-state index is 0.494. The minimum absolute atomic E-state index is 0.494. The molecule has 0 N–H and O–H groups in total. The Bertz CT molecular complexity index is 1370. The van der Waals surface area contributed by atoms with E-state index in [0.717, 1.165) is 50.4 Å². The van der Waals surface area contributed by atoms with E-state index in [1.54, 1.807) is 0 Å². The van der Waals surface area contributed by atoms with Gasteiger partial charge in [-0.3, -0.25) is 4.98 Å². The highest BCUT2D eigenvalue weighted by atomic mass is 16.5. The van der Waals surface area contributed by atoms with Gasteiger partial charge in [0.1, 0.15) is 11.6 Å². The van der Waals surface area contributed by atoms with Gasteiger partial charge in [0.05, 0.1) is 16.7 Å². The maximum atomic E-state index is 5.39. The van der Waals surface area contributed by atoms with Crippen molar-refractivity contribution in [2.24, 2.45) is 0 Å². The minimum Gasteiger partial charge on any atom is -0.361 e. The van der Waals surface area contributed by atoms with Crippen molar-refractivity contribution in [2.45, 2.75) is 32.7 Å². The Morgan fingerprint density at radius 3 is 2.69 bits per heavy atom. The Kier molecular flexibility index (Phi) is 3.42. The lowest BCUT2D eigenvalue weighted by Gasteiger charge is -2.10. The lowest BCUT2D eigenvalue weighted by molar-refractivity contribution is 0.393. The zero-order chi connectivity index (χ0) is 19.5. The number of benzene rings is 2. The van der Waals surface area contributed by atoms with E-state index in [0.29, 0.717) is 6.04 Å². The number of aromatic nitrogens is 4. The van der Waals surface area contributed by atoms with Gasteiger partial charge in [0.2, 0.25) is 0 Å². The molecule has 29 heavy (non-hydrogen) atoms. The molecule has 1 aliphatic carbocycles. The fourth-order valence-electron chi connectivity index (χ4n) is 4.33. The van der Waals surface area contributed by atoms with Crippen LogP contribution in [0.2, 0.25) is 0 Å². The molecule has 1 fully saturated rings. The third kappa shape index (κ3) is 2.50. The Morgan fingerprint density at radius 1 is 1.03 bits per heavy atom. The number of pyridine rings is 1. The number of fused-ring (bicyclic) bond motifs is 2. The number of hydrogen-bond donors (Lipinski definition) is 0. The molecule has 1 aliphatic rings. The number of aryl methyl sites for hydroxylation is 2. The van der Waals surface area contributed by atoms with Gasteiger partial charge in [-0.15, -0.1) is 0 Å². The summed E-state index contributed by atoms with van der Waals surface area (Å²) in [4.78, 5) is 9.53. The maximum absolute atomic E-state index is 5.39. The zero-order valence-corrected chi connectivity index (χ0v) is 16.4. The van der Waals surface area contributed by atoms with Crippen LogP contribution in [0.5, 0.6) is 0 Å². The fourth-order valence-corrected chi connectivity index (χ4v) is 4.33. The van der Waals surface area contributed by atoms with Crippen molar-refractivity contribution in [2.75, 3.05) is 0 Å². The van der Waals surface area contributed by atoms with Gasteiger partial charge < -0.3 is 9.09 Å². The van der Waals surface area contributed by atoms with E-state index in [4.69, 9.17) is 9.51 Å². The van der Waals surface area contributed by atoms with E-state index in [-0.39, 0.29) is 0 Å². The summed E-state index contributed by atoms with van der Waals surface area (Å²) in [5.74, 6) is 1.85. The first-order valence-corrected chi connectivity index (χ1v) is 9.99. The van der Waals surface area contributed by atoms with Crippen LogP contribution in [0.4, 0.5) is 0 Å². The summed E-state index contributed by atoms with van der Waals surface area (Å²) in [6.07, 6.45) is 6.23. The molecule has 142 valence electrons. The molecule has 2 aromatic carbocycles. The molecule has 0 spiro atoms. The molecule has 0 atom stereocenters. The third-order valence-corrected chi connectivity index (χ3v) is 5.83. The first-order chi connectivity index (χ1) is 14.2. The summed E-state index contributed by atoms with van der Waals surface area (Å²) in [7, 11) is 0. The van der Waals surface area contributed by atoms with Gasteiger partial charge in [-0.1, -0.05) is 35.5 Å². The summed E-state index contributed by atoms with van der Waals surface area (Å²) < 4.78 is 7.80. The molecule has 5 heteroatoms. The Morgan fingerprint density at radius 2 is 1.90 bits per heavy atom. The molecule has 5 aromatic rings. The second-order valence-corrected chi connectivity index (χ2v) is 7.85. The predicted molar refractivity (Wildman–Crippen MR) is 114 cm³/mol. The number of rotatable bonds is 3. The Labute approximate surface area is 168 Å². The van der Waals surface area contributed by atoms with Crippen LogP contribution in [0.25, 0.3) is 44.3 Å². The topological polar surface area (TPSA) is 56.7 Å². The van der Waals surface area contributed by atoms with Crippen LogP contribution in [0.15, 0.2) is 59.4 Å². The highest BCUT2D eigenvalue weighted by molar-refractivity contribution is 5.96. The smallest absolute Gasteiger partial charge is 0.143 e. The largest absolute Gasteiger partial charge is 0.361 e. The van der Waals surface area contributed by atoms with Crippen molar-refractivity contribution in [1.82, 2.24) is 19.7 Å². The van der Waals surface area contributed by atoms with E-state index in [9.17, 15) is 0 Å². The number of imidazole rings is 1. The fraction of sp³-hybridized carbons (Fsp3) is 0.208. The monoisotopic (exact) mass is 380 g/mol. The average Bonchev–Trinajstić information content (AvgIpc) is 3.43. The molecule has 0 radical (unpaired) electrons. The van der Waals surface area contributed by atoms with Crippen LogP contribution in [-0.4, -0.2) is 19.7 Å². The summed E-state index contributed by atoms with van der Waals surface area (Å²) >= 11 is 0. The van der Waals surface area contributed by atoms with Crippen molar-refractivity contribution in [3.8, 4) is 22.5 Å². The molecule has 6 rings (SSSR count). The third-order valence-electron chi connectivity index (χ3n) is 5.83. The molecule has 0 amide bonds. The van der Waals surface area contributed by atoms with Gasteiger partial charge >= 0.3 is 0 Å². The number of nitrogens with zero attached hydrogens (tertiary/aromatic N) is 4. The Balaban J connectivity index is 1.63. The van der Waals surface area contributed by atoms with Gasteiger partial charge in [0.15, 0.2) is 0 Å². The van der Waals surface area contributed by atoms with Crippen molar-refractivity contribution in [1.29, 1.82) is 0 Å². The first-order valence-electron chi connectivity index (χ1n) is 9.99. The van der Waals surface area contributed by atoms with Crippen LogP contribution in [0.3, 0.4) is 0 Å². The average molecular weight is 380 g/mol. The molecule has 5 nitrogen and oxygen atoms in total. The van der Waals surface area contributed by atoms with Gasteiger partial charge in [-0.2, -0.15) is 0 Å². The molecule has 3 heterocycles. The normalized spacial score (nSPS) is 14.1. The highest BCUT2D eigenvalue weighted by Gasteiger charge is 2.29. The van der Waals surface area contributed by atoms with Crippen LogP contribution in [0, 0.1) is 13.8 Å². The SMILES string of the molecule is Cc1noc(C)c1-c1ccc2nc(-c3cncc4ccccc34)n(C3CC3)c2c1. The molecule has 0 bridgehead atoms. The lowest BCUT2D eigenvalue weighted by Crippen LogP contribution is -1.98. The summed E-state index contributed by atoms with van der Waals surface area (Å²) in [5.41, 5.74) is 6.37. The van der Waals surface area contributed by atoms with E-state index in [1.807, 2.05) is 32.3 Å². The molecule has 0 unspecified atom stereocenters. The van der Waals surface area contributed by atoms with Crippen LogP contribution in [0.1, 0.15) is 30.3 Å². The van der Waals surface area contributed by atoms with Crippen LogP contribution >= 0.6 is 0 Å². The number of hydrogen-bond acceptors (Lipinski definition) is 4. The van der Waals surface area contributed by atoms with Gasteiger partial charge in [-0.05, 0) is 49.8 Å². The standard InChI is InChI=1S/C24H20N4O/c1-14-23(15(2)29-27-14)16-7-10-21-22(11-16)28(18-8-9-18)24(26-21)20-13-25-12-17-5-3-4-6-19(17)20/h3-7,10-13,18H,8-9H2,1-2H3. The van der Waals surface area contributed by atoms with Gasteiger partial charge in [-0.25, -0.2) is 4.98 Å². The van der Waals surface area contributed by atoms with Crippen molar-refractivity contribution < 1.29 is 4.52 Å². The van der Waals surface area contributed by atoms with Crippen molar-refractivity contribution in [3.05, 3.63) is 66.3 Å². The second-order valence-electron chi connectivity index (χ2n) is 7.85. The van der Waals surface area contributed by atoms with E-state index in [1.165, 1.54) is 18.2 Å². The molecular weight excluding hydrogens is 360 g/mol.